The van der Waals surface area contributed by atoms with Crippen LogP contribution in [0.5, 0.6) is 5.75 Å². The zero-order valence-corrected chi connectivity index (χ0v) is 14.9. The lowest BCUT2D eigenvalue weighted by Gasteiger charge is -2.11. The molecule has 5 heteroatoms. The molecular formula is C18H23NO3S. The molecule has 1 aromatic carbocycles. The van der Waals surface area contributed by atoms with Gasteiger partial charge < -0.3 is 4.74 Å². The number of ether oxygens (including phenoxy) is 1. The van der Waals surface area contributed by atoms with Crippen molar-refractivity contribution in [3.05, 3.63) is 34.7 Å². The van der Waals surface area contributed by atoms with E-state index in [1.807, 2.05) is 45.0 Å². The monoisotopic (exact) mass is 333 g/mol. The molecule has 0 saturated heterocycles. The number of rotatable bonds is 7. The number of hydrogen-bond donors (Lipinski definition) is 0. The summed E-state index contributed by atoms with van der Waals surface area (Å²) in [7, 11) is 0. The zero-order chi connectivity index (χ0) is 17.0. The molecule has 0 aliphatic carbocycles. The van der Waals surface area contributed by atoms with Crippen LogP contribution in [0.1, 0.15) is 39.7 Å². The van der Waals surface area contributed by atoms with Gasteiger partial charge in [0.15, 0.2) is 0 Å². The second kappa shape index (κ2) is 7.68. The Labute approximate surface area is 141 Å². The largest absolute Gasteiger partial charge is 0.494 e. The molecule has 0 aromatic heterocycles. The molecule has 0 radical (unpaired) electrons. The Morgan fingerprint density at radius 3 is 2.26 bits per heavy atom. The third-order valence-corrected chi connectivity index (χ3v) is 4.50. The van der Waals surface area contributed by atoms with Crippen molar-refractivity contribution < 1.29 is 14.3 Å². The second-order valence-corrected chi connectivity index (χ2v) is 7.18. The Hall–Kier alpha value is -1.75. The van der Waals surface area contributed by atoms with Crippen LogP contribution in [0.2, 0.25) is 0 Å². The third-order valence-electron chi connectivity index (χ3n) is 3.41. The van der Waals surface area contributed by atoms with E-state index in [9.17, 15) is 9.59 Å². The fraction of sp³-hybridized carbons (Fsp3) is 0.444. The maximum atomic E-state index is 12.6. The molecule has 0 atom stereocenters. The first-order valence-corrected chi connectivity index (χ1v) is 8.87. The highest BCUT2D eigenvalue weighted by Gasteiger charge is 2.38. The van der Waals surface area contributed by atoms with Crippen molar-refractivity contribution in [2.75, 3.05) is 13.2 Å². The van der Waals surface area contributed by atoms with E-state index >= 15 is 0 Å². The maximum Gasteiger partial charge on any atom is 0.267 e. The molecule has 0 bridgehead atoms. The van der Waals surface area contributed by atoms with Crippen molar-refractivity contribution in [1.82, 2.24) is 4.90 Å². The average Bonchev–Trinajstić information content (AvgIpc) is 2.75. The van der Waals surface area contributed by atoms with Crippen LogP contribution in [-0.2, 0) is 9.59 Å². The summed E-state index contributed by atoms with van der Waals surface area (Å²) in [6.07, 6.45) is 0.945. The van der Waals surface area contributed by atoms with Crippen LogP contribution in [0.3, 0.4) is 0 Å². The Morgan fingerprint density at radius 2 is 1.74 bits per heavy atom. The minimum atomic E-state index is -0.206. The molecule has 0 spiro atoms. The molecule has 23 heavy (non-hydrogen) atoms. The second-order valence-electron chi connectivity index (χ2n) is 5.60. The van der Waals surface area contributed by atoms with Gasteiger partial charge in [-0.3, -0.25) is 14.5 Å². The number of likely N-dealkylation sites (N-methyl/N-ethyl adjacent to an activating group) is 1. The van der Waals surface area contributed by atoms with Gasteiger partial charge in [-0.05, 0) is 31.0 Å². The minimum Gasteiger partial charge on any atom is -0.494 e. The van der Waals surface area contributed by atoms with E-state index in [0.29, 0.717) is 23.6 Å². The SMILES string of the molecule is CCCOc1ccc(C2=C(SC(C)C)C(=O)N(CC)C2=O)cc1. The molecule has 1 aliphatic rings. The van der Waals surface area contributed by atoms with Crippen LogP contribution in [0, 0.1) is 0 Å². The van der Waals surface area contributed by atoms with E-state index in [1.165, 1.54) is 16.7 Å². The standard InChI is InChI=1S/C18H23NO3S/c1-5-11-22-14-9-7-13(8-10-14)15-16(23-12(3)4)18(21)19(6-2)17(15)20/h7-10,12H,5-6,11H2,1-4H3. The first-order valence-electron chi connectivity index (χ1n) is 7.99. The molecule has 0 saturated carbocycles. The van der Waals surface area contributed by atoms with Crippen molar-refractivity contribution in [1.29, 1.82) is 0 Å². The fourth-order valence-electron chi connectivity index (χ4n) is 2.38. The van der Waals surface area contributed by atoms with E-state index < -0.39 is 0 Å². The number of thioether (sulfide) groups is 1. The molecule has 1 aromatic rings. The number of hydrogen-bond acceptors (Lipinski definition) is 4. The number of imide groups is 1. The predicted octanol–water partition coefficient (Wildman–Crippen LogP) is 3.72. The molecule has 0 fully saturated rings. The van der Waals surface area contributed by atoms with Gasteiger partial charge in [-0.15, -0.1) is 11.8 Å². The quantitative estimate of drug-likeness (QED) is 0.714. The van der Waals surface area contributed by atoms with E-state index in [2.05, 4.69) is 6.92 Å². The average molecular weight is 333 g/mol. The molecular weight excluding hydrogens is 310 g/mol. The Morgan fingerprint density at radius 1 is 1.09 bits per heavy atom. The lowest BCUT2D eigenvalue weighted by Crippen LogP contribution is -2.31. The summed E-state index contributed by atoms with van der Waals surface area (Å²) >= 11 is 1.45. The van der Waals surface area contributed by atoms with Crippen LogP contribution < -0.4 is 4.74 Å². The Bertz CT molecular complexity index is 620. The summed E-state index contributed by atoms with van der Waals surface area (Å²) in [6.45, 7) is 8.96. The maximum absolute atomic E-state index is 12.6. The van der Waals surface area contributed by atoms with E-state index in [4.69, 9.17) is 4.74 Å². The fourth-order valence-corrected chi connectivity index (χ4v) is 3.38. The molecule has 124 valence electrons. The summed E-state index contributed by atoms with van der Waals surface area (Å²) in [6, 6.07) is 7.40. The first-order chi connectivity index (χ1) is 11.0. The van der Waals surface area contributed by atoms with E-state index in [0.717, 1.165) is 17.7 Å². The van der Waals surface area contributed by atoms with Crippen molar-refractivity contribution in [2.45, 2.75) is 39.4 Å². The molecule has 2 amide bonds. The van der Waals surface area contributed by atoms with Crippen molar-refractivity contribution in [2.24, 2.45) is 0 Å². The van der Waals surface area contributed by atoms with Crippen LogP contribution in [0.15, 0.2) is 29.2 Å². The molecule has 4 nitrogen and oxygen atoms in total. The van der Waals surface area contributed by atoms with Crippen LogP contribution >= 0.6 is 11.8 Å². The van der Waals surface area contributed by atoms with Gasteiger partial charge in [0, 0.05) is 11.8 Å². The number of nitrogens with zero attached hydrogens (tertiary/aromatic N) is 1. The Kier molecular flexibility index (Phi) is 5.88. The molecule has 0 unspecified atom stereocenters. The summed E-state index contributed by atoms with van der Waals surface area (Å²) in [5.74, 6) is 0.388. The number of benzene rings is 1. The summed E-state index contributed by atoms with van der Waals surface area (Å²) in [5.41, 5.74) is 1.28. The molecule has 2 rings (SSSR count). The normalized spacial score (nSPS) is 15.1. The van der Waals surface area contributed by atoms with Gasteiger partial charge in [-0.25, -0.2) is 0 Å². The highest BCUT2D eigenvalue weighted by molar-refractivity contribution is 8.04. The zero-order valence-electron chi connectivity index (χ0n) is 14.1. The summed E-state index contributed by atoms with van der Waals surface area (Å²) in [4.78, 5) is 26.9. The van der Waals surface area contributed by atoms with Gasteiger partial charge >= 0.3 is 0 Å². The topological polar surface area (TPSA) is 46.6 Å². The first kappa shape index (κ1) is 17.6. The van der Waals surface area contributed by atoms with Gasteiger partial charge in [-0.1, -0.05) is 32.9 Å². The molecule has 1 heterocycles. The minimum absolute atomic E-state index is 0.183. The molecule has 0 N–H and O–H groups in total. The van der Waals surface area contributed by atoms with Gasteiger partial charge in [0.05, 0.1) is 17.1 Å². The highest BCUT2D eigenvalue weighted by Crippen LogP contribution is 2.38. The number of amides is 2. The van der Waals surface area contributed by atoms with Crippen molar-refractivity contribution in [3.63, 3.8) is 0 Å². The Balaban J connectivity index is 2.37. The van der Waals surface area contributed by atoms with Crippen molar-refractivity contribution >= 4 is 29.1 Å². The summed E-state index contributed by atoms with van der Waals surface area (Å²) < 4.78 is 5.57. The van der Waals surface area contributed by atoms with E-state index in [-0.39, 0.29) is 17.1 Å². The lowest BCUT2D eigenvalue weighted by molar-refractivity contribution is -0.136. The predicted molar refractivity (Wildman–Crippen MR) is 94.3 cm³/mol. The number of carbonyl (C=O) groups is 2. The van der Waals surface area contributed by atoms with Gasteiger partial charge in [-0.2, -0.15) is 0 Å². The van der Waals surface area contributed by atoms with Crippen LogP contribution in [-0.4, -0.2) is 35.1 Å². The molecule has 1 aliphatic heterocycles. The third kappa shape index (κ3) is 3.78. The van der Waals surface area contributed by atoms with Gasteiger partial charge in [0.1, 0.15) is 5.75 Å². The van der Waals surface area contributed by atoms with Gasteiger partial charge in [0.2, 0.25) is 0 Å². The number of carbonyl (C=O) groups excluding carboxylic acids is 2. The van der Waals surface area contributed by atoms with Crippen molar-refractivity contribution in [3.8, 4) is 5.75 Å². The van der Waals surface area contributed by atoms with Crippen LogP contribution in [0.25, 0.3) is 5.57 Å². The van der Waals surface area contributed by atoms with E-state index in [1.54, 1.807) is 0 Å². The van der Waals surface area contributed by atoms with Crippen LogP contribution in [0.4, 0.5) is 0 Å². The highest BCUT2D eigenvalue weighted by atomic mass is 32.2. The smallest absolute Gasteiger partial charge is 0.267 e. The summed E-state index contributed by atoms with van der Waals surface area (Å²) in [5, 5.41) is 0.237. The van der Waals surface area contributed by atoms with Gasteiger partial charge in [0.25, 0.3) is 11.8 Å². The lowest BCUT2D eigenvalue weighted by atomic mass is 10.1.